The van der Waals surface area contributed by atoms with Gasteiger partial charge < -0.3 is 19.3 Å². The highest BCUT2D eigenvalue weighted by Gasteiger charge is 2.44. The molecule has 0 aliphatic carbocycles. The van der Waals surface area contributed by atoms with E-state index in [1.54, 1.807) is 19.1 Å². The number of aliphatic hydroxyl groups excluding tert-OH is 1. The van der Waals surface area contributed by atoms with Crippen LogP contribution in [0.2, 0.25) is 0 Å². The number of hydrogen-bond donors (Lipinski definition) is 1. The molecule has 0 radical (unpaired) electrons. The summed E-state index contributed by atoms with van der Waals surface area (Å²) in [7, 11) is 0. The number of hydrogen-bond acceptors (Lipinski definition) is 7. The molecule has 3 atom stereocenters. The molecule has 30 heavy (non-hydrogen) atoms. The predicted molar refractivity (Wildman–Crippen MR) is 106 cm³/mol. The van der Waals surface area contributed by atoms with E-state index in [-0.39, 0.29) is 25.6 Å². The summed E-state index contributed by atoms with van der Waals surface area (Å²) < 4.78 is 16.0. The highest BCUT2D eigenvalue weighted by molar-refractivity contribution is 6.01. The Bertz CT molecular complexity index is 833. The van der Waals surface area contributed by atoms with Crippen LogP contribution in [0.15, 0.2) is 54.3 Å². The third-order valence-corrected chi connectivity index (χ3v) is 4.94. The van der Waals surface area contributed by atoms with Crippen molar-refractivity contribution < 1.29 is 33.7 Å². The van der Waals surface area contributed by atoms with E-state index in [1.807, 2.05) is 30.3 Å². The molecule has 0 aromatic heterocycles. The zero-order valence-corrected chi connectivity index (χ0v) is 16.7. The first kappa shape index (κ1) is 21.7. The van der Waals surface area contributed by atoms with Crippen molar-refractivity contribution in [3.8, 4) is 0 Å². The number of amides is 2. The zero-order valence-electron chi connectivity index (χ0n) is 16.7. The van der Waals surface area contributed by atoms with Gasteiger partial charge in [-0.05, 0) is 37.1 Å². The topological polar surface area (TPSA) is 102 Å². The molecule has 0 unspecified atom stereocenters. The first-order valence-electron chi connectivity index (χ1n) is 9.85. The Balaban J connectivity index is 1.69. The number of cyclic esters (lactones) is 1. The monoisotopic (exact) mass is 415 g/mol. The number of nitrogens with zero attached hydrogens (tertiary/aromatic N) is 1. The van der Waals surface area contributed by atoms with Crippen molar-refractivity contribution in [2.45, 2.75) is 25.5 Å². The van der Waals surface area contributed by atoms with Crippen molar-refractivity contribution in [2.75, 3.05) is 26.4 Å². The van der Waals surface area contributed by atoms with Crippen LogP contribution in [0.5, 0.6) is 0 Å². The molecule has 1 aromatic carbocycles. The summed E-state index contributed by atoms with van der Waals surface area (Å²) in [6, 6.07) is 8.60. The Kier molecular flexibility index (Phi) is 7.37. The zero-order chi connectivity index (χ0) is 21.5. The Morgan fingerprint density at radius 2 is 2.03 bits per heavy atom. The van der Waals surface area contributed by atoms with Gasteiger partial charge in [0.1, 0.15) is 18.4 Å². The van der Waals surface area contributed by atoms with Crippen LogP contribution in [0.1, 0.15) is 24.9 Å². The van der Waals surface area contributed by atoms with E-state index in [0.29, 0.717) is 18.8 Å². The fraction of sp³-hybridized carbons (Fsp3) is 0.409. The van der Waals surface area contributed by atoms with Gasteiger partial charge in [-0.1, -0.05) is 30.3 Å². The molecule has 1 saturated heterocycles. The smallest absolute Gasteiger partial charge is 0.417 e. The van der Waals surface area contributed by atoms with E-state index < -0.39 is 30.1 Å². The van der Waals surface area contributed by atoms with Crippen LogP contribution in [0.3, 0.4) is 0 Å². The summed E-state index contributed by atoms with van der Waals surface area (Å²) in [5.41, 5.74) is 0.781. The minimum absolute atomic E-state index is 0.0495. The van der Waals surface area contributed by atoms with Gasteiger partial charge in [-0.3, -0.25) is 9.59 Å². The van der Waals surface area contributed by atoms with Crippen molar-refractivity contribution in [2.24, 2.45) is 5.92 Å². The Morgan fingerprint density at radius 1 is 1.27 bits per heavy atom. The van der Waals surface area contributed by atoms with E-state index >= 15 is 0 Å². The molecular weight excluding hydrogens is 390 g/mol. The minimum Gasteiger partial charge on any atom is -0.482 e. The van der Waals surface area contributed by atoms with Crippen molar-refractivity contribution in [3.63, 3.8) is 0 Å². The molecule has 2 amide bonds. The average molecular weight is 415 g/mol. The van der Waals surface area contributed by atoms with E-state index in [4.69, 9.17) is 19.3 Å². The standard InChI is InChI=1S/C22H25NO7/c1-15(20-19(25)10-9-17(30-20)8-5-12-28-13-11-24)21(26)23-18(14-29-22(23)27)16-6-3-2-4-7-16/h2-4,6-10,15,18,20,24H,5,11-14H2,1H3/t15-,18+,20+/m0/s1. The minimum atomic E-state index is -1.03. The number of imide groups is 1. The number of carbonyl (C=O) groups is 3. The van der Waals surface area contributed by atoms with Crippen LogP contribution in [0, 0.1) is 5.92 Å². The van der Waals surface area contributed by atoms with Gasteiger partial charge >= 0.3 is 6.09 Å². The van der Waals surface area contributed by atoms with Gasteiger partial charge in [-0.15, -0.1) is 0 Å². The molecule has 0 bridgehead atoms. The normalized spacial score (nSPS) is 23.4. The van der Waals surface area contributed by atoms with E-state index in [1.165, 1.54) is 6.08 Å². The third kappa shape index (κ3) is 4.95. The van der Waals surface area contributed by atoms with Crippen molar-refractivity contribution in [3.05, 3.63) is 59.9 Å². The van der Waals surface area contributed by atoms with E-state index in [9.17, 15) is 14.4 Å². The summed E-state index contributed by atoms with van der Waals surface area (Å²) in [6.07, 6.45) is 3.43. The molecule has 0 spiro atoms. The van der Waals surface area contributed by atoms with Crippen LogP contribution >= 0.6 is 0 Å². The number of benzene rings is 1. The van der Waals surface area contributed by atoms with Crippen molar-refractivity contribution in [1.82, 2.24) is 4.90 Å². The van der Waals surface area contributed by atoms with Crippen LogP contribution in [0.4, 0.5) is 4.79 Å². The number of allylic oxidation sites excluding steroid dienone is 1. The summed E-state index contributed by atoms with van der Waals surface area (Å²) in [6.45, 7) is 2.24. The van der Waals surface area contributed by atoms with Gasteiger partial charge in [0.05, 0.1) is 25.7 Å². The lowest BCUT2D eigenvalue weighted by molar-refractivity contribution is -0.142. The number of rotatable bonds is 8. The maximum absolute atomic E-state index is 13.1. The fourth-order valence-electron chi connectivity index (χ4n) is 3.35. The van der Waals surface area contributed by atoms with Crippen molar-refractivity contribution >= 4 is 17.8 Å². The Labute approximate surface area is 174 Å². The number of carbonyl (C=O) groups excluding carboxylic acids is 3. The molecule has 3 rings (SSSR count). The molecule has 1 fully saturated rings. The van der Waals surface area contributed by atoms with Crippen LogP contribution < -0.4 is 0 Å². The van der Waals surface area contributed by atoms with Gasteiger partial charge in [0, 0.05) is 0 Å². The summed E-state index contributed by atoms with van der Waals surface area (Å²) in [5, 5.41) is 8.71. The second-order valence-corrected chi connectivity index (χ2v) is 7.01. The van der Waals surface area contributed by atoms with Crippen molar-refractivity contribution in [1.29, 1.82) is 0 Å². The fourth-order valence-corrected chi connectivity index (χ4v) is 3.35. The lowest BCUT2D eigenvalue weighted by Crippen LogP contribution is -2.45. The molecule has 8 heteroatoms. The average Bonchev–Trinajstić information content (AvgIpc) is 3.15. The maximum atomic E-state index is 13.1. The molecular formula is C22H25NO7. The maximum Gasteiger partial charge on any atom is 0.417 e. The third-order valence-electron chi connectivity index (χ3n) is 4.94. The molecule has 2 aliphatic rings. The van der Waals surface area contributed by atoms with Gasteiger partial charge in [-0.25, -0.2) is 9.69 Å². The number of ether oxygens (including phenoxy) is 3. The molecule has 1 aromatic rings. The number of aliphatic hydroxyl groups is 1. The first-order chi connectivity index (χ1) is 14.5. The predicted octanol–water partition coefficient (Wildman–Crippen LogP) is 2.15. The molecule has 160 valence electrons. The molecule has 1 N–H and O–H groups in total. The molecule has 0 saturated carbocycles. The molecule has 2 aliphatic heterocycles. The van der Waals surface area contributed by atoms with Gasteiger partial charge in [0.25, 0.3) is 0 Å². The van der Waals surface area contributed by atoms with Gasteiger partial charge in [-0.2, -0.15) is 0 Å². The Hall–Kier alpha value is -2.97. The van der Waals surface area contributed by atoms with Gasteiger partial charge in [0.2, 0.25) is 5.91 Å². The highest BCUT2D eigenvalue weighted by Crippen LogP contribution is 2.31. The summed E-state index contributed by atoms with van der Waals surface area (Å²) in [4.78, 5) is 38.8. The SMILES string of the molecule is C[C@H](C(=O)N1C(=O)OC[C@@H]1c1ccccc1)[C@H]1OC(=CCCOCCO)C=CC1=O. The van der Waals surface area contributed by atoms with Crippen LogP contribution in [-0.2, 0) is 23.8 Å². The highest BCUT2D eigenvalue weighted by atomic mass is 16.6. The first-order valence-corrected chi connectivity index (χ1v) is 9.85. The summed E-state index contributed by atoms with van der Waals surface area (Å²) in [5.74, 6) is -1.29. The Morgan fingerprint density at radius 3 is 2.77 bits per heavy atom. The van der Waals surface area contributed by atoms with Crippen LogP contribution in [0.25, 0.3) is 0 Å². The van der Waals surface area contributed by atoms with E-state index in [2.05, 4.69) is 0 Å². The lowest BCUT2D eigenvalue weighted by atomic mass is 9.96. The van der Waals surface area contributed by atoms with Gasteiger partial charge in [0.15, 0.2) is 11.9 Å². The quantitative estimate of drug-likeness (QED) is 0.649. The summed E-state index contributed by atoms with van der Waals surface area (Å²) >= 11 is 0. The lowest BCUT2D eigenvalue weighted by Gasteiger charge is -2.29. The second-order valence-electron chi connectivity index (χ2n) is 7.01. The molecule has 8 nitrogen and oxygen atoms in total. The van der Waals surface area contributed by atoms with Crippen LogP contribution in [-0.4, -0.2) is 60.3 Å². The number of ketones is 1. The van der Waals surface area contributed by atoms with E-state index in [0.717, 1.165) is 10.5 Å². The largest absolute Gasteiger partial charge is 0.482 e. The second kappa shape index (κ2) is 10.2. The molecule has 2 heterocycles.